The molecule has 34 heavy (non-hydrogen) atoms. The molecule has 0 radical (unpaired) electrons. The fourth-order valence-electron chi connectivity index (χ4n) is 4.44. The van der Waals surface area contributed by atoms with Crippen molar-refractivity contribution in [1.82, 2.24) is 14.2 Å². The highest BCUT2D eigenvalue weighted by Gasteiger charge is 2.32. The lowest BCUT2D eigenvalue weighted by Crippen LogP contribution is -2.50. The van der Waals surface area contributed by atoms with Crippen molar-refractivity contribution in [1.29, 1.82) is 0 Å². The van der Waals surface area contributed by atoms with Crippen molar-refractivity contribution in [2.45, 2.75) is 25.2 Å². The molecule has 0 atom stereocenters. The predicted octanol–water partition coefficient (Wildman–Crippen LogP) is 3.28. The first-order valence-electron chi connectivity index (χ1n) is 11.4. The number of hydrogen-bond acceptors (Lipinski definition) is 6. The van der Waals surface area contributed by atoms with E-state index in [1.807, 2.05) is 55.3 Å². The molecule has 1 fully saturated rings. The van der Waals surface area contributed by atoms with E-state index in [4.69, 9.17) is 0 Å². The average Bonchev–Trinajstić information content (AvgIpc) is 3.29. The van der Waals surface area contributed by atoms with Crippen LogP contribution in [-0.4, -0.2) is 66.9 Å². The number of carbonyl (C=O) groups excluding carboxylic acids is 1. The summed E-state index contributed by atoms with van der Waals surface area (Å²) in [6, 6.07) is 14.6. The number of hydrazone groups is 1. The van der Waals surface area contributed by atoms with E-state index in [9.17, 15) is 13.2 Å². The molecule has 5 rings (SSSR count). The number of nitrogens with zero attached hydrogens (tertiary/aromatic N) is 5. The Morgan fingerprint density at radius 3 is 2.35 bits per heavy atom. The van der Waals surface area contributed by atoms with E-state index in [-0.39, 0.29) is 23.9 Å². The van der Waals surface area contributed by atoms with Gasteiger partial charge in [-0.2, -0.15) is 9.41 Å². The minimum Gasteiger partial charge on any atom is -0.336 e. The third-order valence-corrected chi connectivity index (χ3v) is 8.27. The van der Waals surface area contributed by atoms with Crippen molar-refractivity contribution in [3.05, 3.63) is 65.9 Å². The Labute approximate surface area is 199 Å². The van der Waals surface area contributed by atoms with Gasteiger partial charge >= 0.3 is 0 Å². The number of para-hydroxylation sites is 1. The van der Waals surface area contributed by atoms with Crippen LogP contribution in [0.5, 0.6) is 0 Å². The maximum Gasteiger partial charge on any atom is 0.253 e. The Hall–Kier alpha value is -3.30. The maximum absolute atomic E-state index is 13.4. The van der Waals surface area contributed by atoms with E-state index in [2.05, 4.69) is 10.1 Å². The molecule has 9 heteroatoms. The fraction of sp³-hybridized carbons (Fsp3) is 0.320. The molecule has 0 spiro atoms. The summed E-state index contributed by atoms with van der Waals surface area (Å²) >= 11 is 0. The van der Waals surface area contributed by atoms with E-state index >= 15 is 0 Å². The number of fused-ring (bicyclic) bond motifs is 1. The summed E-state index contributed by atoms with van der Waals surface area (Å²) in [6.45, 7) is 5.96. The van der Waals surface area contributed by atoms with E-state index in [1.165, 1.54) is 4.31 Å². The Kier molecular flexibility index (Phi) is 5.83. The molecular weight excluding hydrogens is 450 g/mol. The highest BCUT2D eigenvalue weighted by Crippen LogP contribution is 2.26. The first-order chi connectivity index (χ1) is 16.3. The van der Waals surface area contributed by atoms with Crippen molar-refractivity contribution in [2.24, 2.45) is 5.10 Å². The lowest BCUT2D eigenvalue weighted by atomic mass is 10.1. The van der Waals surface area contributed by atoms with Crippen molar-refractivity contribution in [3.63, 3.8) is 0 Å². The molecule has 1 saturated heterocycles. The molecule has 3 heterocycles. The van der Waals surface area contributed by atoms with Gasteiger partial charge in [0.2, 0.25) is 10.0 Å². The van der Waals surface area contributed by atoms with Gasteiger partial charge in [0.05, 0.1) is 11.2 Å². The minimum absolute atomic E-state index is 0.0907. The van der Waals surface area contributed by atoms with Crippen LogP contribution >= 0.6 is 0 Å². The number of benzene rings is 2. The highest BCUT2D eigenvalue weighted by molar-refractivity contribution is 7.89. The first-order valence-corrected chi connectivity index (χ1v) is 12.8. The van der Waals surface area contributed by atoms with Crippen molar-refractivity contribution >= 4 is 38.2 Å². The van der Waals surface area contributed by atoms with Crippen LogP contribution in [0.25, 0.3) is 10.9 Å². The lowest BCUT2D eigenvalue weighted by Gasteiger charge is -2.34. The Morgan fingerprint density at radius 2 is 1.68 bits per heavy atom. The molecule has 176 valence electrons. The Morgan fingerprint density at radius 1 is 0.941 bits per heavy atom. The standard InChI is InChI=1S/C25H27N5O3S/c1-18-16-21-4-3-5-23(24(21)26-17-18)34(32,33)29-14-12-28(13-15-29)25(31)20-6-8-22(9-7-20)30-11-10-19(2)27-30/h3-9,16-17H,10-15H2,1-2H3. The molecule has 0 bridgehead atoms. The number of anilines is 1. The lowest BCUT2D eigenvalue weighted by molar-refractivity contribution is 0.0698. The minimum atomic E-state index is -3.72. The number of rotatable bonds is 4. The van der Waals surface area contributed by atoms with Gasteiger partial charge in [-0.1, -0.05) is 12.1 Å². The number of pyridine rings is 1. The van der Waals surface area contributed by atoms with E-state index in [1.54, 1.807) is 23.2 Å². The quantitative estimate of drug-likeness (QED) is 0.576. The summed E-state index contributed by atoms with van der Waals surface area (Å²) in [6.07, 6.45) is 2.63. The van der Waals surface area contributed by atoms with Gasteiger partial charge in [-0.25, -0.2) is 8.42 Å². The number of sulfonamides is 1. The highest BCUT2D eigenvalue weighted by atomic mass is 32.2. The molecular formula is C25H27N5O3S. The van der Waals surface area contributed by atoms with Crippen molar-refractivity contribution in [3.8, 4) is 0 Å². The van der Waals surface area contributed by atoms with Crippen LogP contribution in [0, 0.1) is 6.92 Å². The zero-order valence-corrected chi connectivity index (χ0v) is 20.1. The second-order valence-corrected chi connectivity index (χ2v) is 10.7. The number of hydrogen-bond donors (Lipinski definition) is 0. The predicted molar refractivity (Wildman–Crippen MR) is 133 cm³/mol. The SMILES string of the molecule is CC1=NN(c2ccc(C(=O)N3CCN(S(=O)(=O)c4cccc5cc(C)cnc45)CC3)cc2)CC1. The van der Waals surface area contributed by atoms with Crippen LogP contribution in [-0.2, 0) is 10.0 Å². The van der Waals surface area contributed by atoms with Crippen LogP contribution < -0.4 is 5.01 Å². The second kappa shape index (κ2) is 8.81. The van der Waals surface area contributed by atoms with Gasteiger partial charge in [-0.15, -0.1) is 0 Å². The van der Waals surface area contributed by atoms with Gasteiger partial charge in [-0.3, -0.25) is 14.8 Å². The summed E-state index contributed by atoms with van der Waals surface area (Å²) in [5.74, 6) is -0.0907. The Bertz CT molecular complexity index is 1380. The molecule has 3 aromatic rings. The molecule has 1 aromatic heterocycles. The largest absolute Gasteiger partial charge is 0.336 e. The Balaban J connectivity index is 1.28. The zero-order chi connectivity index (χ0) is 23.9. The average molecular weight is 478 g/mol. The molecule has 8 nitrogen and oxygen atoms in total. The zero-order valence-electron chi connectivity index (χ0n) is 19.3. The fourth-order valence-corrected chi connectivity index (χ4v) is 6.03. The van der Waals surface area contributed by atoms with E-state index < -0.39 is 10.0 Å². The molecule has 0 aliphatic carbocycles. The molecule has 2 aliphatic heterocycles. The molecule has 2 aromatic carbocycles. The summed E-state index contributed by atoms with van der Waals surface area (Å²) < 4.78 is 28.2. The van der Waals surface area contributed by atoms with Crippen LogP contribution in [0.15, 0.2) is 64.7 Å². The van der Waals surface area contributed by atoms with Gasteiger partial charge in [-0.05, 0) is 55.8 Å². The van der Waals surface area contributed by atoms with Crippen LogP contribution in [0.3, 0.4) is 0 Å². The molecule has 2 aliphatic rings. The third kappa shape index (κ3) is 4.17. The number of aryl methyl sites for hydroxylation is 1. The summed E-state index contributed by atoms with van der Waals surface area (Å²) in [5.41, 5.74) is 4.11. The normalized spacial score (nSPS) is 17.3. The second-order valence-electron chi connectivity index (χ2n) is 8.79. The van der Waals surface area contributed by atoms with Crippen LogP contribution in [0.1, 0.15) is 29.3 Å². The summed E-state index contributed by atoms with van der Waals surface area (Å²) in [5, 5.41) is 7.23. The monoisotopic (exact) mass is 477 g/mol. The molecule has 1 amide bonds. The first kappa shape index (κ1) is 22.5. The van der Waals surface area contributed by atoms with Gasteiger partial charge in [0, 0.05) is 62.0 Å². The smallest absolute Gasteiger partial charge is 0.253 e. The molecule has 0 saturated carbocycles. The number of carbonyl (C=O) groups is 1. The number of piperazine rings is 1. The van der Waals surface area contributed by atoms with Crippen molar-refractivity contribution in [2.75, 3.05) is 37.7 Å². The third-order valence-electron chi connectivity index (χ3n) is 6.34. The number of aromatic nitrogens is 1. The van der Waals surface area contributed by atoms with E-state index in [0.29, 0.717) is 24.2 Å². The van der Waals surface area contributed by atoms with Crippen LogP contribution in [0.2, 0.25) is 0 Å². The van der Waals surface area contributed by atoms with Crippen molar-refractivity contribution < 1.29 is 13.2 Å². The molecule has 0 N–H and O–H groups in total. The summed E-state index contributed by atoms with van der Waals surface area (Å²) in [7, 11) is -3.72. The van der Waals surface area contributed by atoms with Gasteiger partial charge < -0.3 is 4.90 Å². The van der Waals surface area contributed by atoms with Crippen LogP contribution in [0.4, 0.5) is 5.69 Å². The van der Waals surface area contributed by atoms with Gasteiger partial charge in [0.1, 0.15) is 4.90 Å². The molecule has 0 unspecified atom stereocenters. The van der Waals surface area contributed by atoms with E-state index in [0.717, 1.165) is 35.3 Å². The maximum atomic E-state index is 13.4. The van der Waals surface area contributed by atoms with Gasteiger partial charge in [0.25, 0.3) is 5.91 Å². The topological polar surface area (TPSA) is 86.2 Å². The van der Waals surface area contributed by atoms with Gasteiger partial charge in [0.15, 0.2) is 0 Å². The number of amides is 1. The summed E-state index contributed by atoms with van der Waals surface area (Å²) in [4.78, 5) is 19.3.